The number of rotatable bonds is 4. The summed E-state index contributed by atoms with van der Waals surface area (Å²) in [5.74, 6) is 0. The van der Waals surface area contributed by atoms with Gasteiger partial charge in [0.05, 0.1) is 0 Å². The Morgan fingerprint density at radius 3 is 1.06 bits per heavy atom. The van der Waals surface area contributed by atoms with Crippen molar-refractivity contribution in [1.82, 2.24) is 9.80 Å². The van der Waals surface area contributed by atoms with E-state index in [1.54, 1.807) is 0 Å². The fourth-order valence-corrected chi connectivity index (χ4v) is 1.87. The molecule has 0 unspecified atom stereocenters. The molecule has 0 aromatic carbocycles. The summed E-state index contributed by atoms with van der Waals surface area (Å²) in [5.41, 5.74) is 0. The molecule has 2 nitrogen and oxygen atoms in total. The molecule has 1 aliphatic rings. The van der Waals surface area contributed by atoms with Crippen LogP contribution in [0.15, 0.2) is 0 Å². The van der Waals surface area contributed by atoms with E-state index >= 15 is 0 Å². The van der Waals surface area contributed by atoms with Crippen LogP contribution in [-0.2, 0) is 0 Å². The smallest absolute Gasteiger partial charge is 0.0110 e. The first kappa shape index (κ1) is 19.3. The van der Waals surface area contributed by atoms with Gasteiger partial charge in [0, 0.05) is 26.2 Å². The molecule has 17 heavy (non-hydrogen) atoms. The summed E-state index contributed by atoms with van der Waals surface area (Å²) >= 11 is 0. The maximum atomic E-state index is 2.58. The molecule has 1 rings (SSSR count). The topological polar surface area (TPSA) is 6.48 Å². The van der Waals surface area contributed by atoms with Crippen LogP contribution in [0.2, 0.25) is 0 Å². The lowest BCUT2D eigenvalue weighted by atomic mass is 10.3. The lowest BCUT2D eigenvalue weighted by Crippen LogP contribution is -2.46. The van der Waals surface area contributed by atoms with E-state index in [-0.39, 0.29) is 0 Å². The molecule has 0 aromatic heterocycles. The molecule has 0 radical (unpaired) electrons. The summed E-state index contributed by atoms with van der Waals surface area (Å²) < 4.78 is 0. The van der Waals surface area contributed by atoms with Gasteiger partial charge in [-0.3, -0.25) is 0 Å². The zero-order valence-corrected chi connectivity index (χ0v) is 13.3. The number of hydrogen-bond donors (Lipinski definition) is 0. The summed E-state index contributed by atoms with van der Waals surface area (Å²) in [7, 11) is 0. The minimum absolute atomic E-state index is 1.25. The zero-order chi connectivity index (χ0) is 13.5. The molecule has 0 N–H and O–H groups in total. The highest BCUT2D eigenvalue weighted by Gasteiger charge is 2.14. The average molecular weight is 244 g/mol. The van der Waals surface area contributed by atoms with E-state index in [2.05, 4.69) is 37.5 Å². The van der Waals surface area contributed by atoms with Crippen molar-refractivity contribution in [3.63, 3.8) is 0 Å². The van der Waals surface area contributed by atoms with Crippen molar-refractivity contribution in [2.75, 3.05) is 39.3 Å². The van der Waals surface area contributed by atoms with Crippen LogP contribution in [0.25, 0.3) is 0 Å². The second-order valence-corrected chi connectivity index (χ2v) is 4.39. The van der Waals surface area contributed by atoms with Crippen molar-refractivity contribution < 1.29 is 0 Å². The van der Waals surface area contributed by atoms with Crippen LogP contribution in [0.5, 0.6) is 0 Å². The molecule has 0 atom stereocenters. The Hall–Kier alpha value is -0.0800. The van der Waals surface area contributed by atoms with Crippen molar-refractivity contribution >= 4 is 0 Å². The molecule has 0 aliphatic carbocycles. The normalized spacial score (nSPS) is 16.6. The Labute approximate surface area is 110 Å². The predicted molar refractivity (Wildman–Crippen MR) is 80.8 cm³/mol. The van der Waals surface area contributed by atoms with Crippen LogP contribution in [-0.4, -0.2) is 49.1 Å². The van der Waals surface area contributed by atoms with Crippen molar-refractivity contribution in [1.29, 1.82) is 0 Å². The van der Waals surface area contributed by atoms with E-state index in [4.69, 9.17) is 0 Å². The minimum Gasteiger partial charge on any atom is -0.301 e. The maximum absolute atomic E-state index is 2.58. The van der Waals surface area contributed by atoms with E-state index < -0.39 is 0 Å². The highest BCUT2D eigenvalue weighted by Crippen LogP contribution is 2.02. The molecule has 0 amide bonds. The molecular weight excluding hydrogens is 208 g/mol. The van der Waals surface area contributed by atoms with Crippen molar-refractivity contribution in [2.24, 2.45) is 0 Å². The lowest BCUT2D eigenvalue weighted by Gasteiger charge is -2.34. The van der Waals surface area contributed by atoms with E-state index in [0.717, 1.165) is 0 Å². The highest BCUT2D eigenvalue weighted by atomic mass is 15.3. The van der Waals surface area contributed by atoms with Crippen LogP contribution in [0.4, 0.5) is 0 Å². The lowest BCUT2D eigenvalue weighted by molar-refractivity contribution is 0.133. The summed E-state index contributed by atoms with van der Waals surface area (Å²) in [6.45, 7) is 20.5. The molecule has 1 aliphatic heterocycles. The summed E-state index contributed by atoms with van der Waals surface area (Å²) in [6, 6.07) is 0. The molecule has 2 heteroatoms. The standard InChI is InChI=1S/C10H22N2.C3H8.C2H6/c1-3-5-11-7-9-12(6-4-2)10-8-11;1-3-2;1-2/h3-10H2,1-2H3;3H2,1-2H3;1-2H3. The largest absolute Gasteiger partial charge is 0.301 e. The molecule has 1 fully saturated rings. The molecule has 1 saturated heterocycles. The second kappa shape index (κ2) is 15.9. The molecule has 0 spiro atoms. The van der Waals surface area contributed by atoms with E-state index in [1.165, 1.54) is 58.5 Å². The van der Waals surface area contributed by atoms with Gasteiger partial charge in [-0.1, -0.05) is 48.0 Å². The number of hydrogen-bond acceptors (Lipinski definition) is 2. The fourth-order valence-electron chi connectivity index (χ4n) is 1.87. The molecule has 0 bridgehead atoms. The molecule has 1 heterocycles. The first-order valence-corrected chi connectivity index (χ1v) is 7.73. The van der Waals surface area contributed by atoms with Gasteiger partial charge in [-0.25, -0.2) is 0 Å². The molecule has 106 valence electrons. The average Bonchev–Trinajstić information content (AvgIpc) is 2.36. The third-order valence-electron chi connectivity index (χ3n) is 2.54. The van der Waals surface area contributed by atoms with Crippen LogP contribution in [0.1, 0.15) is 60.8 Å². The van der Waals surface area contributed by atoms with Crippen molar-refractivity contribution in [2.45, 2.75) is 60.8 Å². The van der Waals surface area contributed by atoms with E-state index in [0.29, 0.717) is 0 Å². The predicted octanol–water partition coefficient (Wildman–Crippen LogP) is 3.87. The van der Waals surface area contributed by atoms with Crippen molar-refractivity contribution in [3.8, 4) is 0 Å². The summed E-state index contributed by atoms with van der Waals surface area (Å²) in [5, 5.41) is 0. The van der Waals surface area contributed by atoms with Crippen LogP contribution >= 0.6 is 0 Å². The Bertz CT molecular complexity index is 104. The van der Waals surface area contributed by atoms with Gasteiger partial charge in [0.15, 0.2) is 0 Å². The molecule has 0 aromatic rings. The van der Waals surface area contributed by atoms with Gasteiger partial charge in [0.1, 0.15) is 0 Å². The quantitative estimate of drug-likeness (QED) is 0.741. The third kappa shape index (κ3) is 12.2. The maximum Gasteiger partial charge on any atom is 0.0110 e. The number of nitrogens with zero attached hydrogens (tertiary/aromatic N) is 2. The first-order chi connectivity index (χ1) is 8.28. The Morgan fingerprint density at radius 2 is 0.882 bits per heavy atom. The van der Waals surface area contributed by atoms with Gasteiger partial charge in [-0.15, -0.1) is 0 Å². The molecule has 0 saturated carbocycles. The van der Waals surface area contributed by atoms with Gasteiger partial charge in [0.2, 0.25) is 0 Å². The van der Waals surface area contributed by atoms with Crippen LogP contribution < -0.4 is 0 Å². The molecular formula is C15H36N2. The Balaban J connectivity index is 0. The SMILES string of the molecule is CC.CCC.CCCN1CCN(CCC)CC1. The number of piperazine rings is 1. The van der Waals surface area contributed by atoms with Crippen molar-refractivity contribution in [3.05, 3.63) is 0 Å². The summed E-state index contributed by atoms with van der Waals surface area (Å²) in [6.07, 6.45) is 3.85. The third-order valence-corrected chi connectivity index (χ3v) is 2.54. The van der Waals surface area contributed by atoms with Gasteiger partial charge in [-0.2, -0.15) is 0 Å². The van der Waals surface area contributed by atoms with Crippen LogP contribution in [0, 0.1) is 0 Å². The highest BCUT2D eigenvalue weighted by molar-refractivity contribution is 4.70. The van der Waals surface area contributed by atoms with Crippen LogP contribution in [0.3, 0.4) is 0 Å². The second-order valence-electron chi connectivity index (χ2n) is 4.39. The Morgan fingerprint density at radius 1 is 0.647 bits per heavy atom. The summed E-state index contributed by atoms with van der Waals surface area (Å²) in [4.78, 5) is 5.15. The Kier molecular flexibility index (Phi) is 18.0. The van der Waals surface area contributed by atoms with Gasteiger partial charge in [-0.05, 0) is 25.9 Å². The fraction of sp³-hybridized carbons (Fsp3) is 1.00. The van der Waals surface area contributed by atoms with Gasteiger partial charge >= 0.3 is 0 Å². The van der Waals surface area contributed by atoms with E-state index in [1.807, 2.05) is 13.8 Å². The van der Waals surface area contributed by atoms with Gasteiger partial charge in [0.25, 0.3) is 0 Å². The zero-order valence-electron chi connectivity index (χ0n) is 13.3. The van der Waals surface area contributed by atoms with Gasteiger partial charge < -0.3 is 9.80 Å². The minimum atomic E-state index is 1.25. The monoisotopic (exact) mass is 244 g/mol. The first-order valence-electron chi connectivity index (χ1n) is 7.73. The van der Waals surface area contributed by atoms with E-state index in [9.17, 15) is 0 Å².